The first-order valence-corrected chi connectivity index (χ1v) is 9.26. The monoisotopic (exact) mass is 482 g/mol. The van der Waals surface area contributed by atoms with E-state index in [-0.39, 0.29) is 30.0 Å². The van der Waals surface area contributed by atoms with Crippen LogP contribution in [-0.4, -0.2) is 39.4 Å². The van der Waals surface area contributed by atoms with Gasteiger partial charge in [-0.1, -0.05) is 18.2 Å². The molecule has 2 aliphatic rings. The van der Waals surface area contributed by atoms with Crippen molar-refractivity contribution in [3.63, 3.8) is 0 Å². The Morgan fingerprint density at radius 2 is 2.11 bits per heavy atom. The number of nitrogens with zero attached hydrogens (tertiary/aromatic N) is 4. The fraction of sp³-hybridized carbons (Fsp3) is 0.526. The Bertz CT molecular complexity index is 816. The number of rotatable bonds is 5. The zero-order valence-corrected chi connectivity index (χ0v) is 18.3. The second-order valence-corrected chi connectivity index (χ2v) is 7.19. The molecular formula is C19H27IN6O. The molecule has 2 heterocycles. The molecule has 2 atom stereocenters. The van der Waals surface area contributed by atoms with Crippen molar-refractivity contribution < 1.29 is 4.74 Å². The van der Waals surface area contributed by atoms with Gasteiger partial charge in [0.25, 0.3) is 0 Å². The second-order valence-electron chi connectivity index (χ2n) is 7.19. The molecule has 2 unspecified atom stereocenters. The number of aryl methyl sites for hydroxylation is 1. The molecule has 2 aromatic rings. The predicted molar refractivity (Wildman–Crippen MR) is 116 cm³/mol. The molecular weight excluding hydrogens is 455 g/mol. The average Bonchev–Trinajstić information content (AvgIpc) is 3.26. The second kappa shape index (κ2) is 8.45. The molecule has 1 aromatic heterocycles. The largest absolute Gasteiger partial charge is 0.493 e. The predicted octanol–water partition coefficient (Wildman–Crippen LogP) is 2.50. The maximum atomic E-state index is 5.83. The van der Waals surface area contributed by atoms with Crippen LogP contribution < -0.4 is 15.4 Å². The molecule has 8 heteroatoms. The summed E-state index contributed by atoms with van der Waals surface area (Å²) < 4.78 is 7.81. The van der Waals surface area contributed by atoms with E-state index in [1.807, 2.05) is 30.7 Å². The summed E-state index contributed by atoms with van der Waals surface area (Å²) in [5.74, 6) is 3.91. The number of nitrogens with one attached hydrogen (secondary N) is 2. The van der Waals surface area contributed by atoms with Gasteiger partial charge in [-0.2, -0.15) is 0 Å². The van der Waals surface area contributed by atoms with Crippen LogP contribution in [-0.2, 0) is 13.6 Å². The van der Waals surface area contributed by atoms with E-state index in [1.54, 1.807) is 0 Å². The number of benzene rings is 1. The maximum Gasteiger partial charge on any atom is 0.192 e. The minimum absolute atomic E-state index is 0. The fourth-order valence-electron chi connectivity index (χ4n) is 3.21. The van der Waals surface area contributed by atoms with Gasteiger partial charge in [0.1, 0.15) is 18.1 Å². The number of fused-ring (bicyclic) bond motifs is 1. The van der Waals surface area contributed by atoms with E-state index in [0.717, 1.165) is 23.4 Å². The van der Waals surface area contributed by atoms with Crippen LogP contribution in [0.3, 0.4) is 0 Å². The normalized spacial score (nSPS) is 19.7. The molecule has 0 saturated heterocycles. The van der Waals surface area contributed by atoms with Gasteiger partial charge in [-0.05, 0) is 32.8 Å². The van der Waals surface area contributed by atoms with Crippen LogP contribution in [0.1, 0.15) is 42.9 Å². The van der Waals surface area contributed by atoms with Gasteiger partial charge >= 0.3 is 0 Å². The molecule has 0 radical (unpaired) electrons. The number of ether oxygens (including phenoxy) is 1. The highest BCUT2D eigenvalue weighted by Crippen LogP contribution is 2.35. The summed E-state index contributed by atoms with van der Waals surface area (Å²) in [6, 6.07) is 9.02. The molecule has 0 amide bonds. The SMILES string of the molecule is Cc1nnc(CN=C(NC2CC2)NC(C)C2COc3ccccc32)n1C.I. The van der Waals surface area contributed by atoms with E-state index in [1.165, 1.54) is 18.4 Å². The van der Waals surface area contributed by atoms with Crippen molar-refractivity contribution in [2.45, 2.75) is 51.2 Å². The smallest absolute Gasteiger partial charge is 0.192 e. The lowest BCUT2D eigenvalue weighted by atomic mass is 9.94. The number of para-hydroxylation sites is 1. The number of hydrogen-bond acceptors (Lipinski definition) is 4. The molecule has 1 aliphatic heterocycles. The maximum absolute atomic E-state index is 5.83. The Hall–Kier alpha value is -1.84. The Morgan fingerprint density at radius 3 is 2.81 bits per heavy atom. The highest BCUT2D eigenvalue weighted by atomic mass is 127. The van der Waals surface area contributed by atoms with E-state index in [0.29, 0.717) is 25.1 Å². The third-order valence-corrected chi connectivity index (χ3v) is 5.18. The standard InChI is InChI=1S/C19H26N6O.HI/c1-12(16-11-26-17-7-5-4-6-15(16)17)21-19(22-14-8-9-14)20-10-18-24-23-13(2)25(18)3;/h4-7,12,14,16H,8-11H2,1-3H3,(H2,20,21,22);1H. The fourth-order valence-corrected chi connectivity index (χ4v) is 3.21. The summed E-state index contributed by atoms with van der Waals surface area (Å²) in [6.07, 6.45) is 2.40. The third kappa shape index (κ3) is 4.53. The first kappa shape index (κ1) is 19.9. The van der Waals surface area contributed by atoms with E-state index in [9.17, 15) is 0 Å². The Kier molecular flexibility index (Phi) is 6.23. The van der Waals surface area contributed by atoms with E-state index in [2.05, 4.69) is 39.9 Å². The topological polar surface area (TPSA) is 76.4 Å². The van der Waals surface area contributed by atoms with Crippen LogP contribution in [0.25, 0.3) is 0 Å². The summed E-state index contributed by atoms with van der Waals surface area (Å²) in [6.45, 7) is 5.34. The molecule has 146 valence electrons. The minimum Gasteiger partial charge on any atom is -0.493 e. The van der Waals surface area contributed by atoms with Crippen LogP contribution in [0.5, 0.6) is 5.75 Å². The zero-order chi connectivity index (χ0) is 18.1. The summed E-state index contributed by atoms with van der Waals surface area (Å²) in [7, 11) is 1.97. The van der Waals surface area contributed by atoms with Gasteiger partial charge in [-0.25, -0.2) is 4.99 Å². The van der Waals surface area contributed by atoms with Gasteiger partial charge < -0.3 is 19.9 Å². The van der Waals surface area contributed by atoms with Crippen molar-refractivity contribution in [1.29, 1.82) is 0 Å². The lowest BCUT2D eigenvalue weighted by Crippen LogP contribution is -2.45. The van der Waals surface area contributed by atoms with Crippen molar-refractivity contribution in [3.05, 3.63) is 41.5 Å². The molecule has 2 N–H and O–H groups in total. The van der Waals surface area contributed by atoms with Crippen LogP contribution in [0.2, 0.25) is 0 Å². The first-order chi connectivity index (χ1) is 12.6. The van der Waals surface area contributed by atoms with Gasteiger partial charge in [0.15, 0.2) is 11.8 Å². The van der Waals surface area contributed by atoms with Crippen molar-refractivity contribution >= 4 is 29.9 Å². The van der Waals surface area contributed by atoms with Gasteiger partial charge in [-0.15, -0.1) is 34.2 Å². The van der Waals surface area contributed by atoms with Crippen molar-refractivity contribution in [2.75, 3.05) is 6.61 Å². The molecule has 0 bridgehead atoms. The summed E-state index contributed by atoms with van der Waals surface area (Å²) in [5.41, 5.74) is 1.27. The Labute approximate surface area is 177 Å². The summed E-state index contributed by atoms with van der Waals surface area (Å²) >= 11 is 0. The van der Waals surface area contributed by atoms with Gasteiger partial charge in [0.05, 0.1) is 6.61 Å². The highest BCUT2D eigenvalue weighted by molar-refractivity contribution is 14.0. The lowest BCUT2D eigenvalue weighted by molar-refractivity contribution is 0.312. The van der Waals surface area contributed by atoms with E-state index in [4.69, 9.17) is 9.73 Å². The number of guanidine groups is 1. The Balaban J connectivity index is 0.00000210. The molecule has 0 spiro atoms. The van der Waals surface area contributed by atoms with Crippen LogP contribution >= 0.6 is 24.0 Å². The minimum atomic E-state index is 0. The zero-order valence-electron chi connectivity index (χ0n) is 16.0. The number of hydrogen-bond donors (Lipinski definition) is 2. The molecule has 1 aromatic carbocycles. The quantitative estimate of drug-likeness (QED) is 0.389. The third-order valence-electron chi connectivity index (χ3n) is 5.18. The average molecular weight is 482 g/mol. The molecule has 27 heavy (non-hydrogen) atoms. The summed E-state index contributed by atoms with van der Waals surface area (Å²) in [5, 5.41) is 15.4. The number of aromatic nitrogens is 3. The van der Waals surface area contributed by atoms with Crippen LogP contribution in [0.15, 0.2) is 29.3 Å². The first-order valence-electron chi connectivity index (χ1n) is 9.26. The van der Waals surface area contributed by atoms with Gasteiger partial charge in [-0.3, -0.25) is 0 Å². The molecule has 1 saturated carbocycles. The molecule has 1 fully saturated rings. The molecule has 7 nitrogen and oxygen atoms in total. The van der Waals surface area contributed by atoms with Crippen molar-refractivity contribution in [3.8, 4) is 5.75 Å². The highest BCUT2D eigenvalue weighted by Gasteiger charge is 2.30. The van der Waals surface area contributed by atoms with E-state index < -0.39 is 0 Å². The molecule has 4 rings (SSSR count). The summed E-state index contributed by atoms with van der Waals surface area (Å²) in [4.78, 5) is 4.75. The van der Waals surface area contributed by atoms with E-state index >= 15 is 0 Å². The lowest BCUT2D eigenvalue weighted by Gasteiger charge is -2.22. The van der Waals surface area contributed by atoms with Crippen LogP contribution in [0, 0.1) is 6.92 Å². The number of aliphatic imine (C=N–C) groups is 1. The van der Waals surface area contributed by atoms with Gasteiger partial charge in [0, 0.05) is 30.6 Å². The number of halogens is 1. The molecule has 1 aliphatic carbocycles. The van der Waals surface area contributed by atoms with Crippen LogP contribution in [0.4, 0.5) is 0 Å². The van der Waals surface area contributed by atoms with Crippen molar-refractivity contribution in [2.24, 2.45) is 12.0 Å². The van der Waals surface area contributed by atoms with Gasteiger partial charge in [0.2, 0.25) is 0 Å². The Morgan fingerprint density at radius 1 is 1.33 bits per heavy atom. The van der Waals surface area contributed by atoms with Crippen molar-refractivity contribution in [1.82, 2.24) is 25.4 Å².